The van der Waals surface area contributed by atoms with Crippen LogP contribution in [0.25, 0.3) is 0 Å². The first kappa shape index (κ1) is 21.3. The molecule has 0 spiro atoms. The van der Waals surface area contributed by atoms with Gasteiger partial charge in [-0.05, 0) is 24.6 Å². The Morgan fingerprint density at radius 1 is 1.29 bits per heavy atom. The Labute approximate surface area is 167 Å². The molecule has 1 fully saturated rings. The number of nitrogens with zero attached hydrogens (tertiary/aromatic N) is 3. The average Bonchev–Trinajstić information content (AvgIpc) is 2.56. The van der Waals surface area contributed by atoms with Crippen molar-refractivity contribution in [2.75, 3.05) is 50.7 Å². The van der Waals surface area contributed by atoms with E-state index >= 15 is 0 Å². The summed E-state index contributed by atoms with van der Waals surface area (Å²) >= 11 is 6.07. The van der Waals surface area contributed by atoms with Gasteiger partial charge in [0.1, 0.15) is 0 Å². The van der Waals surface area contributed by atoms with Crippen molar-refractivity contribution in [3.8, 4) is 0 Å². The minimum Gasteiger partial charge on any atom is -0.370 e. The molecule has 0 bridgehead atoms. The van der Waals surface area contributed by atoms with E-state index in [0.717, 1.165) is 63.7 Å². The molecule has 1 heterocycles. The van der Waals surface area contributed by atoms with Crippen LogP contribution >= 0.6 is 35.6 Å². The van der Waals surface area contributed by atoms with Crippen molar-refractivity contribution in [3.05, 3.63) is 29.3 Å². The summed E-state index contributed by atoms with van der Waals surface area (Å²) in [6.45, 7) is 8.98. The van der Waals surface area contributed by atoms with Crippen molar-refractivity contribution >= 4 is 47.2 Å². The third-order valence-corrected chi connectivity index (χ3v) is 4.31. The van der Waals surface area contributed by atoms with Crippen LogP contribution < -0.4 is 16.0 Å². The van der Waals surface area contributed by atoms with Gasteiger partial charge in [-0.3, -0.25) is 9.89 Å². The first-order chi connectivity index (χ1) is 11.2. The molecular formula is C17H29ClIN5. The standard InChI is InChI=1S/C17H28ClN5.HI/c1-2-3-7-20-17(19)21-8-9-22-10-12-23(13-11-22)16-6-4-5-15(18)14-16;/h4-6,14H,2-3,7-13H2,1H3,(H3,19,20,21);1H. The largest absolute Gasteiger partial charge is 0.370 e. The Morgan fingerprint density at radius 2 is 2.04 bits per heavy atom. The lowest BCUT2D eigenvalue weighted by molar-refractivity contribution is 0.261. The van der Waals surface area contributed by atoms with Gasteiger partial charge in [0.15, 0.2) is 5.96 Å². The van der Waals surface area contributed by atoms with E-state index in [4.69, 9.17) is 17.3 Å². The topological polar surface area (TPSA) is 56.9 Å². The van der Waals surface area contributed by atoms with Gasteiger partial charge in [0.25, 0.3) is 0 Å². The van der Waals surface area contributed by atoms with E-state index in [1.165, 1.54) is 5.69 Å². The van der Waals surface area contributed by atoms with E-state index in [2.05, 4.69) is 33.1 Å². The summed E-state index contributed by atoms with van der Waals surface area (Å²) in [6, 6.07) is 8.08. The Morgan fingerprint density at radius 3 is 2.71 bits per heavy atom. The van der Waals surface area contributed by atoms with Gasteiger partial charge in [0.05, 0.1) is 0 Å². The highest BCUT2D eigenvalue weighted by Gasteiger charge is 2.16. The predicted octanol–water partition coefficient (Wildman–Crippen LogP) is 2.78. The van der Waals surface area contributed by atoms with Crippen LogP contribution in [0.1, 0.15) is 19.8 Å². The second-order valence-corrected chi connectivity index (χ2v) is 6.29. The van der Waals surface area contributed by atoms with Crippen LogP contribution in [0.5, 0.6) is 0 Å². The highest BCUT2D eigenvalue weighted by Crippen LogP contribution is 2.20. The number of hydrogen-bond donors (Lipinski definition) is 2. The van der Waals surface area contributed by atoms with Gasteiger partial charge >= 0.3 is 0 Å². The summed E-state index contributed by atoms with van der Waals surface area (Å²) < 4.78 is 0. The van der Waals surface area contributed by atoms with Gasteiger partial charge in [0, 0.05) is 56.5 Å². The summed E-state index contributed by atoms with van der Waals surface area (Å²) in [6.07, 6.45) is 2.24. The zero-order chi connectivity index (χ0) is 16.5. The third kappa shape index (κ3) is 7.44. The lowest BCUT2D eigenvalue weighted by Crippen LogP contribution is -2.49. The first-order valence-electron chi connectivity index (χ1n) is 8.45. The molecule has 0 aliphatic carbocycles. The van der Waals surface area contributed by atoms with Gasteiger partial charge < -0.3 is 16.0 Å². The van der Waals surface area contributed by atoms with Crippen molar-refractivity contribution in [2.45, 2.75) is 19.8 Å². The maximum atomic E-state index is 6.07. The zero-order valence-electron chi connectivity index (χ0n) is 14.4. The fourth-order valence-corrected chi connectivity index (χ4v) is 2.84. The van der Waals surface area contributed by atoms with Crippen LogP contribution in [0.4, 0.5) is 5.69 Å². The molecule has 0 radical (unpaired) electrons. The van der Waals surface area contributed by atoms with E-state index < -0.39 is 0 Å². The molecule has 0 aromatic heterocycles. The monoisotopic (exact) mass is 465 g/mol. The van der Waals surface area contributed by atoms with Crippen molar-refractivity contribution in [1.82, 2.24) is 10.2 Å². The van der Waals surface area contributed by atoms with Crippen LogP contribution in [-0.2, 0) is 0 Å². The van der Waals surface area contributed by atoms with Crippen LogP contribution in [0.3, 0.4) is 0 Å². The molecule has 0 amide bonds. The second-order valence-electron chi connectivity index (χ2n) is 5.86. The van der Waals surface area contributed by atoms with Crippen molar-refractivity contribution in [3.63, 3.8) is 0 Å². The average molecular weight is 466 g/mol. The Hall–Kier alpha value is -0.730. The summed E-state index contributed by atoms with van der Waals surface area (Å²) in [5.41, 5.74) is 7.05. The molecule has 0 atom stereocenters. The maximum absolute atomic E-state index is 6.07. The molecule has 24 heavy (non-hydrogen) atoms. The van der Waals surface area contributed by atoms with E-state index in [9.17, 15) is 0 Å². The number of nitrogens with two attached hydrogens (primary N) is 1. The summed E-state index contributed by atoms with van der Waals surface area (Å²) in [4.78, 5) is 9.14. The molecule has 1 aromatic rings. The molecule has 7 heteroatoms. The lowest BCUT2D eigenvalue weighted by Gasteiger charge is -2.36. The molecule has 136 valence electrons. The Kier molecular flexibility index (Phi) is 10.4. The highest BCUT2D eigenvalue weighted by atomic mass is 127. The van der Waals surface area contributed by atoms with Crippen molar-refractivity contribution < 1.29 is 0 Å². The molecule has 2 rings (SSSR count). The molecular weight excluding hydrogens is 437 g/mol. The molecule has 5 nitrogen and oxygen atoms in total. The second kappa shape index (κ2) is 11.8. The number of aliphatic imine (C=N–C) groups is 1. The minimum atomic E-state index is 0. The molecule has 1 aliphatic heterocycles. The van der Waals surface area contributed by atoms with Crippen LogP contribution in [0.15, 0.2) is 29.3 Å². The molecule has 3 N–H and O–H groups in total. The summed E-state index contributed by atoms with van der Waals surface area (Å²) in [7, 11) is 0. The number of guanidine groups is 1. The smallest absolute Gasteiger partial charge is 0.188 e. The highest BCUT2D eigenvalue weighted by molar-refractivity contribution is 14.0. The number of nitrogens with one attached hydrogen (secondary N) is 1. The fourth-order valence-electron chi connectivity index (χ4n) is 2.66. The number of unbranched alkanes of at least 4 members (excludes halogenated alkanes) is 1. The SMILES string of the molecule is CCCCN=C(N)NCCN1CCN(c2cccc(Cl)c2)CC1.I. The third-order valence-electron chi connectivity index (χ3n) is 4.07. The predicted molar refractivity (Wildman–Crippen MR) is 115 cm³/mol. The van der Waals surface area contributed by atoms with Crippen LogP contribution in [-0.4, -0.2) is 56.7 Å². The van der Waals surface area contributed by atoms with E-state index in [-0.39, 0.29) is 24.0 Å². The summed E-state index contributed by atoms with van der Waals surface area (Å²) in [5.74, 6) is 0.566. The molecule has 1 aromatic carbocycles. The lowest BCUT2D eigenvalue weighted by atomic mass is 10.2. The number of anilines is 1. The molecule has 0 unspecified atom stereocenters. The molecule has 0 saturated carbocycles. The molecule has 1 saturated heterocycles. The minimum absolute atomic E-state index is 0. The van der Waals surface area contributed by atoms with Crippen LogP contribution in [0, 0.1) is 0 Å². The van der Waals surface area contributed by atoms with Crippen LogP contribution in [0.2, 0.25) is 5.02 Å². The van der Waals surface area contributed by atoms with Gasteiger partial charge in [-0.1, -0.05) is 31.0 Å². The number of benzene rings is 1. The number of halogens is 2. The summed E-state index contributed by atoms with van der Waals surface area (Å²) in [5, 5.41) is 3.99. The molecule has 1 aliphatic rings. The van der Waals surface area contributed by atoms with Gasteiger partial charge in [-0.25, -0.2) is 0 Å². The Balaban J connectivity index is 0.00000288. The zero-order valence-corrected chi connectivity index (χ0v) is 17.5. The quantitative estimate of drug-likeness (QED) is 0.281. The van der Waals surface area contributed by atoms with Crippen molar-refractivity contribution in [2.24, 2.45) is 10.7 Å². The van der Waals surface area contributed by atoms with Crippen molar-refractivity contribution in [1.29, 1.82) is 0 Å². The van der Waals surface area contributed by atoms with E-state index in [0.29, 0.717) is 5.96 Å². The Bertz CT molecular complexity index is 504. The maximum Gasteiger partial charge on any atom is 0.188 e. The number of rotatable bonds is 7. The fraction of sp³-hybridized carbons (Fsp3) is 0.588. The van der Waals surface area contributed by atoms with Gasteiger partial charge in [-0.15, -0.1) is 24.0 Å². The first-order valence-corrected chi connectivity index (χ1v) is 8.83. The number of piperazine rings is 1. The van der Waals surface area contributed by atoms with Gasteiger partial charge in [-0.2, -0.15) is 0 Å². The van der Waals surface area contributed by atoms with Gasteiger partial charge in [0.2, 0.25) is 0 Å². The van der Waals surface area contributed by atoms with E-state index in [1.807, 2.05) is 18.2 Å². The normalized spacial score (nSPS) is 15.9. The van der Waals surface area contributed by atoms with E-state index in [1.54, 1.807) is 0 Å². The number of hydrogen-bond acceptors (Lipinski definition) is 3.